The van der Waals surface area contributed by atoms with Crippen molar-refractivity contribution in [1.29, 1.82) is 0 Å². The van der Waals surface area contributed by atoms with E-state index in [4.69, 9.17) is 0 Å². The van der Waals surface area contributed by atoms with Crippen molar-refractivity contribution in [3.63, 3.8) is 0 Å². The van der Waals surface area contributed by atoms with Crippen molar-refractivity contribution in [2.45, 2.75) is 70.3 Å². The zero-order valence-electron chi connectivity index (χ0n) is 14.9. The van der Waals surface area contributed by atoms with Crippen LogP contribution in [0.15, 0.2) is 18.2 Å². The summed E-state index contributed by atoms with van der Waals surface area (Å²) in [5.74, 6) is 0.0609. The van der Waals surface area contributed by atoms with Gasteiger partial charge in [-0.3, -0.25) is 4.79 Å². The van der Waals surface area contributed by atoms with Crippen LogP contribution in [-0.4, -0.2) is 35.1 Å². The summed E-state index contributed by atoms with van der Waals surface area (Å²) in [6.07, 6.45) is 3.64. The van der Waals surface area contributed by atoms with E-state index in [1.807, 2.05) is 6.07 Å². The molecule has 1 N–H and O–H groups in total. The van der Waals surface area contributed by atoms with E-state index in [-0.39, 0.29) is 22.8 Å². The fourth-order valence-electron chi connectivity index (χ4n) is 4.04. The van der Waals surface area contributed by atoms with Crippen molar-refractivity contribution in [3.05, 3.63) is 34.9 Å². The Morgan fingerprint density at radius 1 is 1.13 bits per heavy atom. The Hall–Kier alpha value is -1.35. The van der Waals surface area contributed by atoms with Crippen LogP contribution in [-0.2, 0) is 10.8 Å². The predicted molar refractivity (Wildman–Crippen MR) is 92.9 cm³/mol. The fourth-order valence-corrected chi connectivity index (χ4v) is 4.04. The van der Waals surface area contributed by atoms with Crippen LogP contribution in [0, 0.1) is 0 Å². The van der Waals surface area contributed by atoms with E-state index < -0.39 is 0 Å². The SMILES string of the molecule is CC1(C)CCC(C)(C)c2cc(C(=O)N3CCC[C@H](O)C3)ccc21. The Labute approximate surface area is 139 Å². The number of benzene rings is 1. The van der Waals surface area contributed by atoms with Crippen molar-refractivity contribution in [3.8, 4) is 0 Å². The Balaban J connectivity index is 1.95. The number of carbonyl (C=O) groups excluding carboxylic acids is 1. The van der Waals surface area contributed by atoms with Crippen LogP contribution in [0.3, 0.4) is 0 Å². The number of piperidine rings is 1. The number of hydrogen-bond donors (Lipinski definition) is 1. The fraction of sp³-hybridized carbons (Fsp3) is 0.650. The maximum Gasteiger partial charge on any atom is 0.253 e. The molecule has 1 heterocycles. The molecule has 0 unspecified atom stereocenters. The van der Waals surface area contributed by atoms with Gasteiger partial charge in [0.2, 0.25) is 0 Å². The molecule has 0 bridgehead atoms. The number of fused-ring (bicyclic) bond motifs is 1. The van der Waals surface area contributed by atoms with E-state index >= 15 is 0 Å². The van der Waals surface area contributed by atoms with Gasteiger partial charge in [-0.2, -0.15) is 0 Å². The van der Waals surface area contributed by atoms with Crippen molar-refractivity contribution in [1.82, 2.24) is 4.90 Å². The lowest BCUT2D eigenvalue weighted by molar-refractivity contribution is 0.0473. The first-order valence-corrected chi connectivity index (χ1v) is 8.83. The van der Waals surface area contributed by atoms with Crippen molar-refractivity contribution in [2.24, 2.45) is 0 Å². The number of amides is 1. The highest BCUT2D eigenvalue weighted by Gasteiger charge is 2.37. The lowest BCUT2D eigenvalue weighted by Crippen LogP contribution is -2.42. The van der Waals surface area contributed by atoms with Gasteiger partial charge in [-0.05, 0) is 59.8 Å². The van der Waals surface area contributed by atoms with Gasteiger partial charge in [-0.25, -0.2) is 0 Å². The minimum Gasteiger partial charge on any atom is -0.391 e. The summed E-state index contributed by atoms with van der Waals surface area (Å²) in [6, 6.07) is 6.24. The summed E-state index contributed by atoms with van der Waals surface area (Å²) in [5.41, 5.74) is 3.75. The lowest BCUT2D eigenvalue weighted by Gasteiger charge is -2.42. The number of aliphatic hydroxyl groups excluding tert-OH is 1. The van der Waals surface area contributed by atoms with Gasteiger partial charge < -0.3 is 10.0 Å². The summed E-state index contributed by atoms with van der Waals surface area (Å²) < 4.78 is 0. The highest BCUT2D eigenvalue weighted by molar-refractivity contribution is 5.94. The van der Waals surface area contributed by atoms with E-state index in [0.29, 0.717) is 6.54 Å². The Morgan fingerprint density at radius 3 is 2.43 bits per heavy atom. The molecule has 0 saturated carbocycles. The molecule has 1 amide bonds. The van der Waals surface area contributed by atoms with Gasteiger partial charge in [-0.1, -0.05) is 33.8 Å². The van der Waals surface area contributed by atoms with E-state index in [2.05, 4.69) is 39.8 Å². The molecule has 1 aromatic carbocycles. The van der Waals surface area contributed by atoms with Gasteiger partial charge in [0, 0.05) is 18.7 Å². The molecule has 0 radical (unpaired) electrons. The van der Waals surface area contributed by atoms with Crippen LogP contribution in [0.4, 0.5) is 0 Å². The third-order valence-electron chi connectivity index (χ3n) is 5.78. The van der Waals surface area contributed by atoms with Crippen LogP contribution in [0.2, 0.25) is 0 Å². The zero-order chi connectivity index (χ0) is 16.8. The summed E-state index contributed by atoms with van der Waals surface area (Å²) >= 11 is 0. The normalized spacial score (nSPS) is 25.8. The summed E-state index contributed by atoms with van der Waals surface area (Å²) in [6.45, 7) is 10.4. The monoisotopic (exact) mass is 315 g/mol. The Morgan fingerprint density at radius 2 is 1.78 bits per heavy atom. The van der Waals surface area contributed by atoms with Gasteiger partial charge in [-0.15, -0.1) is 0 Å². The first kappa shape index (κ1) is 16.5. The molecule has 126 valence electrons. The first-order chi connectivity index (χ1) is 10.7. The van der Waals surface area contributed by atoms with Gasteiger partial charge in [0.25, 0.3) is 5.91 Å². The molecule has 3 heteroatoms. The number of hydrogen-bond acceptors (Lipinski definition) is 2. The molecule has 0 aromatic heterocycles. The second-order valence-corrected chi connectivity index (χ2v) is 8.58. The van der Waals surface area contributed by atoms with Crippen LogP contribution in [0.1, 0.15) is 74.9 Å². The molecule has 23 heavy (non-hydrogen) atoms. The van der Waals surface area contributed by atoms with E-state index in [9.17, 15) is 9.90 Å². The molecule has 0 spiro atoms. The molecule has 3 rings (SSSR count). The molecule has 2 aliphatic rings. The van der Waals surface area contributed by atoms with Gasteiger partial charge in [0.05, 0.1) is 6.10 Å². The second kappa shape index (κ2) is 5.62. The average molecular weight is 315 g/mol. The molecule has 1 fully saturated rings. The maximum atomic E-state index is 12.8. The van der Waals surface area contributed by atoms with Gasteiger partial charge >= 0.3 is 0 Å². The maximum absolute atomic E-state index is 12.8. The smallest absolute Gasteiger partial charge is 0.253 e. The highest BCUT2D eigenvalue weighted by Crippen LogP contribution is 2.45. The van der Waals surface area contributed by atoms with Crippen LogP contribution >= 0.6 is 0 Å². The van der Waals surface area contributed by atoms with Crippen LogP contribution in [0.25, 0.3) is 0 Å². The van der Waals surface area contributed by atoms with Crippen molar-refractivity contribution < 1.29 is 9.90 Å². The molecule has 1 atom stereocenters. The number of aliphatic hydroxyl groups is 1. The molecular weight excluding hydrogens is 286 g/mol. The average Bonchev–Trinajstić information content (AvgIpc) is 2.51. The Bertz CT molecular complexity index is 618. The second-order valence-electron chi connectivity index (χ2n) is 8.58. The van der Waals surface area contributed by atoms with E-state index in [1.165, 1.54) is 17.5 Å². The van der Waals surface area contributed by atoms with E-state index in [0.717, 1.165) is 31.4 Å². The first-order valence-electron chi connectivity index (χ1n) is 8.83. The summed E-state index contributed by atoms with van der Waals surface area (Å²) in [7, 11) is 0. The predicted octanol–water partition coefficient (Wildman–Crippen LogP) is 3.63. The molecule has 1 aliphatic heterocycles. The third-order valence-corrected chi connectivity index (χ3v) is 5.78. The molecular formula is C20H29NO2. The number of β-amino-alcohol motifs (C(OH)–C–C–N with tert-alkyl or cyclic N) is 1. The van der Waals surface area contributed by atoms with Gasteiger partial charge in [0.1, 0.15) is 0 Å². The summed E-state index contributed by atoms with van der Waals surface area (Å²) in [4.78, 5) is 14.6. The molecule has 1 saturated heterocycles. The zero-order valence-corrected chi connectivity index (χ0v) is 14.9. The van der Waals surface area contributed by atoms with E-state index in [1.54, 1.807) is 4.90 Å². The van der Waals surface area contributed by atoms with Crippen molar-refractivity contribution >= 4 is 5.91 Å². The van der Waals surface area contributed by atoms with Crippen LogP contribution < -0.4 is 0 Å². The minimum atomic E-state index is -0.374. The topological polar surface area (TPSA) is 40.5 Å². The quantitative estimate of drug-likeness (QED) is 0.859. The van der Waals surface area contributed by atoms with Crippen molar-refractivity contribution in [2.75, 3.05) is 13.1 Å². The number of likely N-dealkylation sites (tertiary alicyclic amines) is 1. The lowest BCUT2D eigenvalue weighted by atomic mass is 9.63. The Kier molecular flexibility index (Phi) is 4.04. The molecule has 3 nitrogen and oxygen atoms in total. The number of carbonyl (C=O) groups is 1. The van der Waals surface area contributed by atoms with Gasteiger partial charge in [0.15, 0.2) is 0 Å². The largest absolute Gasteiger partial charge is 0.391 e. The standard InChI is InChI=1S/C20H29NO2/c1-19(2)9-10-20(3,4)17-12-14(7-8-16(17)19)18(23)21-11-5-6-15(22)13-21/h7-8,12,15,22H,5-6,9-11,13H2,1-4H3/t15-/m0/s1. The highest BCUT2D eigenvalue weighted by atomic mass is 16.3. The molecule has 1 aromatic rings. The molecule has 1 aliphatic carbocycles. The minimum absolute atomic E-state index is 0.0609. The van der Waals surface area contributed by atoms with Crippen LogP contribution in [0.5, 0.6) is 0 Å². The third kappa shape index (κ3) is 3.03. The number of rotatable bonds is 1. The summed E-state index contributed by atoms with van der Waals surface area (Å²) in [5, 5.41) is 9.83. The number of nitrogens with zero attached hydrogens (tertiary/aromatic N) is 1.